The van der Waals surface area contributed by atoms with Gasteiger partial charge in [-0.25, -0.2) is 0 Å². The van der Waals surface area contributed by atoms with Gasteiger partial charge in [0.25, 0.3) is 0 Å². The maximum Gasteiger partial charge on any atom is 1.00 e. The van der Waals surface area contributed by atoms with Crippen molar-refractivity contribution in [3.63, 3.8) is 0 Å². The van der Waals surface area contributed by atoms with E-state index in [4.69, 9.17) is 20.4 Å². The quantitative estimate of drug-likeness (QED) is 0.238. The number of hydrogen-bond donors (Lipinski definition) is 0. The van der Waals surface area contributed by atoms with Crippen LogP contribution in [0.5, 0.6) is 0 Å². The summed E-state index contributed by atoms with van der Waals surface area (Å²) in [5, 5.41) is 22.8. The molecule has 0 aliphatic heterocycles. The molecule has 0 aliphatic carbocycles. The summed E-state index contributed by atoms with van der Waals surface area (Å²) in [6.07, 6.45) is 0. The van der Waals surface area contributed by atoms with Gasteiger partial charge in [-0.1, -0.05) is 0 Å². The average Bonchev–Trinajstić information content (AvgIpc) is 1.69. The van der Waals surface area contributed by atoms with Crippen LogP contribution in [0.4, 0.5) is 0 Å². The Balaban J connectivity index is -0.0000000575. The Morgan fingerprint density at radius 2 is 1.50 bits per heavy atom. The molecule has 0 N–H and O–H groups in total. The minimum absolute atomic E-state index is 0. The van der Waals surface area contributed by atoms with E-state index in [1.54, 1.807) is 0 Å². The Kier molecular flexibility index (Phi) is 62.4. The van der Waals surface area contributed by atoms with Crippen LogP contribution in [0, 0.1) is 22.7 Å². The Morgan fingerprint density at radius 3 is 1.50 bits per heavy atom. The van der Waals surface area contributed by atoms with Crippen LogP contribution in [-0.2, 0) is 4.79 Å². The van der Waals surface area contributed by atoms with Crippen LogP contribution < -0.4 is 34.7 Å². The predicted molar refractivity (Wildman–Crippen MR) is 17.3 cm³/mol. The number of nitriles is 2. The van der Waals surface area contributed by atoms with Gasteiger partial charge in [0.15, 0.2) is 12.1 Å². The second-order valence-corrected chi connectivity index (χ2v) is 0.320. The molecule has 8 heavy (non-hydrogen) atoms. The van der Waals surface area contributed by atoms with Gasteiger partial charge in [-0.3, -0.25) is 0 Å². The summed E-state index contributed by atoms with van der Waals surface area (Å²) in [4.78, 5) is 8.25. The fourth-order valence-electron chi connectivity index (χ4n) is 0. The molecule has 0 spiro atoms. The van der Waals surface area contributed by atoms with Crippen molar-refractivity contribution < 1.29 is 39.5 Å². The molecule has 0 radical (unpaired) electrons. The van der Waals surface area contributed by atoms with E-state index < -0.39 is 6.47 Å². The Labute approximate surface area is 68.6 Å². The first-order valence-electron chi connectivity index (χ1n) is 1.17. The molecule has 0 amide bonds. The first kappa shape index (κ1) is 15.7. The van der Waals surface area contributed by atoms with Crippen molar-refractivity contribution in [3.05, 3.63) is 0 Å². The maximum atomic E-state index is 8.25. The van der Waals surface area contributed by atoms with Crippen molar-refractivity contribution in [1.82, 2.24) is 0 Å². The van der Waals surface area contributed by atoms with Crippen molar-refractivity contribution in [1.29, 1.82) is 10.5 Å². The zero-order chi connectivity index (χ0) is 6.12. The molecule has 0 unspecified atom stereocenters. The van der Waals surface area contributed by atoms with E-state index in [-0.39, 0.29) is 29.6 Å². The van der Waals surface area contributed by atoms with E-state index in [1.807, 2.05) is 0 Å². The fraction of sp³-hybridized carbons (Fsp3) is 0. The molecule has 0 fully saturated rings. The first-order valence-corrected chi connectivity index (χ1v) is 1.17. The minimum atomic E-state index is -0.500. The smallest absolute Gasteiger partial charge is 0.554 e. The van der Waals surface area contributed by atoms with Crippen LogP contribution in [0.25, 0.3) is 0 Å². The van der Waals surface area contributed by atoms with E-state index in [2.05, 4.69) is 0 Å². The van der Waals surface area contributed by atoms with E-state index in [0.717, 1.165) is 0 Å². The van der Waals surface area contributed by atoms with Gasteiger partial charge >= 0.3 is 29.6 Å². The van der Waals surface area contributed by atoms with E-state index in [9.17, 15) is 0 Å². The van der Waals surface area contributed by atoms with Gasteiger partial charge in [0.2, 0.25) is 0 Å². The molecular formula is C3HN2NaO2. The minimum Gasteiger partial charge on any atom is -0.554 e. The summed E-state index contributed by atoms with van der Waals surface area (Å²) >= 11 is 0. The average molecular weight is 120 g/mol. The molecule has 0 bridgehead atoms. The number of carbonyl (C=O) groups excluding carboxylic acids is 1. The van der Waals surface area contributed by atoms with Gasteiger partial charge < -0.3 is 9.90 Å². The van der Waals surface area contributed by atoms with Crippen LogP contribution in [0.2, 0.25) is 0 Å². The molecule has 0 aliphatic rings. The van der Waals surface area contributed by atoms with Crippen LogP contribution in [-0.4, -0.2) is 6.47 Å². The van der Waals surface area contributed by atoms with Gasteiger partial charge in [0, 0.05) is 6.47 Å². The van der Waals surface area contributed by atoms with Gasteiger partial charge in [-0.05, 0) is 0 Å². The van der Waals surface area contributed by atoms with Crippen molar-refractivity contribution in [2.45, 2.75) is 0 Å². The second kappa shape index (κ2) is 31.9. The van der Waals surface area contributed by atoms with Gasteiger partial charge in [-0.15, -0.1) is 0 Å². The van der Waals surface area contributed by atoms with E-state index in [1.165, 1.54) is 12.1 Å². The summed E-state index contributed by atoms with van der Waals surface area (Å²) in [5.41, 5.74) is 0. The zero-order valence-corrected chi connectivity index (χ0v) is 6.29. The fourth-order valence-corrected chi connectivity index (χ4v) is 0. The second-order valence-electron chi connectivity index (χ2n) is 0.320. The summed E-state index contributed by atoms with van der Waals surface area (Å²) in [5.74, 6) is 0. The third kappa shape index (κ3) is 533. The van der Waals surface area contributed by atoms with Crippen molar-refractivity contribution >= 4 is 6.47 Å². The Hall–Kier alpha value is -0.550. The van der Waals surface area contributed by atoms with Crippen LogP contribution in [0.3, 0.4) is 0 Å². The van der Waals surface area contributed by atoms with Crippen LogP contribution in [0.15, 0.2) is 0 Å². The Morgan fingerprint density at radius 1 is 1.38 bits per heavy atom. The Bertz CT molecular complexity index is 99.4. The molecule has 4 nitrogen and oxygen atoms in total. The van der Waals surface area contributed by atoms with E-state index in [0.29, 0.717) is 0 Å². The molecule has 0 heterocycles. The molecular weight excluding hydrogens is 119 g/mol. The monoisotopic (exact) mass is 120 g/mol. The standard InChI is InChI=1S/C2N2.CH2O2.Na/c3-1-2-4;2-1-3;/h;1H,(H,2,3);/q;;+1/p-1. The summed E-state index contributed by atoms with van der Waals surface area (Å²) < 4.78 is 0. The molecule has 0 aromatic rings. The summed E-state index contributed by atoms with van der Waals surface area (Å²) in [6, 6.07) is 2.47. The molecule has 0 aromatic heterocycles. The zero-order valence-electron chi connectivity index (χ0n) is 4.29. The maximum absolute atomic E-state index is 8.25. The van der Waals surface area contributed by atoms with Gasteiger partial charge in [-0.2, -0.15) is 10.5 Å². The van der Waals surface area contributed by atoms with Crippen LogP contribution in [0.1, 0.15) is 0 Å². The summed E-state index contributed by atoms with van der Waals surface area (Å²) in [6.45, 7) is -0.500. The molecule has 36 valence electrons. The first-order chi connectivity index (χ1) is 3.33. The molecule has 0 aromatic carbocycles. The molecule has 0 saturated carbocycles. The van der Waals surface area contributed by atoms with E-state index >= 15 is 0 Å². The third-order valence-electron chi connectivity index (χ3n) is 0.0500. The molecule has 0 rings (SSSR count). The van der Waals surface area contributed by atoms with Crippen molar-refractivity contribution in [2.75, 3.05) is 0 Å². The topological polar surface area (TPSA) is 87.7 Å². The van der Waals surface area contributed by atoms with Crippen molar-refractivity contribution in [2.24, 2.45) is 0 Å². The number of carbonyl (C=O) groups is 1. The molecule has 5 heteroatoms. The normalized spacial score (nSPS) is 2.75. The molecule has 0 saturated heterocycles. The third-order valence-corrected chi connectivity index (χ3v) is 0.0500. The number of nitrogens with zero attached hydrogens (tertiary/aromatic N) is 2. The van der Waals surface area contributed by atoms with Gasteiger partial charge in [0.1, 0.15) is 0 Å². The summed E-state index contributed by atoms with van der Waals surface area (Å²) in [7, 11) is 0. The van der Waals surface area contributed by atoms with Crippen molar-refractivity contribution in [3.8, 4) is 12.1 Å². The van der Waals surface area contributed by atoms with Gasteiger partial charge in [0.05, 0.1) is 0 Å². The number of rotatable bonds is 0. The largest absolute Gasteiger partial charge is 1.00 e. The number of carboxylic acid groups (broad SMARTS) is 1. The van der Waals surface area contributed by atoms with Crippen LogP contribution >= 0.6 is 0 Å². The predicted octanol–water partition coefficient (Wildman–Crippen LogP) is -4.60. The number of hydrogen-bond acceptors (Lipinski definition) is 4. The molecule has 0 atom stereocenters. The SMILES string of the molecule is N#CC#N.O=C[O-].[Na+].